The van der Waals surface area contributed by atoms with Gasteiger partial charge in [0.1, 0.15) is 11.9 Å². The Balaban J connectivity index is 1.36. The average Bonchev–Trinajstić information content (AvgIpc) is 2.92. The number of nitrogens with one attached hydrogen (secondary N) is 3. The molecule has 1 fully saturated rings. The molecule has 10 nitrogen and oxygen atoms in total. The summed E-state index contributed by atoms with van der Waals surface area (Å²) in [6.07, 6.45) is 4.36. The van der Waals surface area contributed by atoms with Crippen LogP contribution in [0.25, 0.3) is 11.3 Å². The number of hydrogen-bond acceptors (Lipinski definition) is 9. The van der Waals surface area contributed by atoms with Crippen molar-refractivity contribution in [1.82, 2.24) is 30.1 Å². The van der Waals surface area contributed by atoms with Crippen LogP contribution in [0.1, 0.15) is 12.0 Å². The Morgan fingerprint density at radius 2 is 1.89 bits per heavy atom. The largest absolute Gasteiger partial charge is 0.383 e. The monoisotopic (exact) mass is 502 g/mol. The minimum absolute atomic E-state index is 0.0257. The molecule has 37 heavy (non-hydrogen) atoms. The minimum atomic E-state index is -0.279. The fourth-order valence-electron chi connectivity index (χ4n) is 4.74. The lowest BCUT2D eigenvalue weighted by atomic mass is 10.1. The second kappa shape index (κ2) is 12.1. The van der Waals surface area contributed by atoms with Crippen LogP contribution in [0.5, 0.6) is 0 Å². The molecule has 3 aromatic rings. The summed E-state index contributed by atoms with van der Waals surface area (Å²) in [4.78, 5) is 31.3. The van der Waals surface area contributed by atoms with Gasteiger partial charge in [0.05, 0.1) is 12.3 Å². The lowest BCUT2D eigenvalue weighted by Gasteiger charge is -2.38. The van der Waals surface area contributed by atoms with E-state index in [4.69, 9.17) is 9.72 Å². The molecule has 194 valence electrons. The summed E-state index contributed by atoms with van der Waals surface area (Å²) in [6.45, 7) is 5.96. The van der Waals surface area contributed by atoms with Crippen LogP contribution in [0.15, 0.2) is 54.9 Å². The summed E-state index contributed by atoms with van der Waals surface area (Å²) in [5, 5.41) is 9.76. The summed E-state index contributed by atoms with van der Waals surface area (Å²) in [6, 6.07) is 13.9. The van der Waals surface area contributed by atoms with Crippen molar-refractivity contribution in [2.45, 2.75) is 19.0 Å². The minimum Gasteiger partial charge on any atom is -0.383 e. The number of aromatic nitrogens is 3. The van der Waals surface area contributed by atoms with Gasteiger partial charge in [-0.15, -0.1) is 0 Å². The molecule has 1 aromatic carbocycles. The van der Waals surface area contributed by atoms with E-state index in [2.05, 4.69) is 47.9 Å². The zero-order valence-corrected chi connectivity index (χ0v) is 21.2. The Morgan fingerprint density at radius 3 is 2.70 bits per heavy atom. The molecule has 10 heteroatoms. The zero-order valence-electron chi connectivity index (χ0n) is 21.2. The van der Waals surface area contributed by atoms with Crippen molar-refractivity contribution in [3.8, 4) is 11.3 Å². The van der Waals surface area contributed by atoms with E-state index in [1.807, 2.05) is 30.3 Å². The van der Waals surface area contributed by atoms with Gasteiger partial charge in [-0.25, -0.2) is 15.0 Å². The van der Waals surface area contributed by atoms with Gasteiger partial charge in [0.15, 0.2) is 0 Å². The van der Waals surface area contributed by atoms with Gasteiger partial charge >= 0.3 is 0 Å². The molecule has 0 radical (unpaired) electrons. The van der Waals surface area contributed by atoms with Crippen LogP contribution >= 0.6 is 0 Å². The van der Waals surface area contributed by atoms with E-state index in [1.54, 1.807) is 19.5 Å². The van der Waals surface area contributed by atoms with Crippen LogP contribution in [-0.4, -0.2) is 89.7 Å². The van der Waals surface area contributed by atoms with Crippen molar-refractivity contribution in [2.75, 3.05) is 63.6 Å². The summed E-state index contributed by atoms with van der Waals surface area (Å²) < 4.78 is 5.40. The topological polar surface area (TPSA) is 108 Å². The highest BCUT2D eigenvalue weighted by atomic mass is 16.5. The Labute approximate surface area is 217 Å². The second-order valence-electron chi connectivity index (χ2n) is 9.38. The van der Waals surface area contributed by atoms with Gasteiger partial charge in [0.25, 0.3) is 0 Å². The van der Waals surface area contributed by atoms with E-state index in [-0.39, 0.29) is 11.9 Å². The Morgan fingerprint density at radius 1 is 1.03 bits per heavy atom. The maximum atomic E-state index is 13.0. The van der Waals surface area contributed by atoms with Crippen molar-refractivity contribution in [2.24, 2.45) is 0 Å². The highest BCUT2D eigenvalue weighted by Gasteiger charge is 2.29. The SMILES string of the molecule is COCC1C(=O)NCCCNc2ccc(cn2)-c2ccnc(n2)Nc2cccc(c2)CN2CCN1CC2. The van der Waals surface area contributed by atoms with Crippen molar-refractivity contribution < 1.29 is 9.53 Å². The molecule has 5 aliphatic rings. The normalized spacial score (nSPS) is 22.5. The number of anilines is 3. The Kier molecular flexibility index (Phi) is 8.19. The number of carbonyl (C=O) groups excluding carboxylic acids is 1. The third-order valence-electron chi connectivity index (χ3n) is 6.74. The summed E-state index contributed by atoms with van der Waals surface area (Å²) in [5.41, 5.74) is 3.88. The van der Waals surface area contributed by atoms with Crippen molar-refractivity contribution in [3.05, 3.63) is 60.4 Å². The van der Waals surface area contributed by atoms with Gasteiger partial charge < -0.3 is 20.7 Å². The van der Waals surface area contributed by atoms with Gasteiger partial charge in [-0.05, 0) is 42.3 Å². The summed E-state index contributed by atoms with van der Waals surface area (Å²) in [5.74, 6) is 1.36. The molecule has 0 saturated carbocycles. The van der Waals surface area contributed by atoms with Crippen LogP contribution in [0.4, 0.5) is 17.5 Å². The molecule has 1 saturated heterocycles. The third-order valence-corrected chi connectivity index (χ3v) is 6.74. The lowest BCUT2D eigenvalue weighted by Crippen LogP contribution is -2.56. The smallest absolute Gasteiger partial charge is 0.239 e. The zero-order chi connectivity index (χ0) is 25.5. The van der Waals surface area contributed by atoms with E-state index in [1.165, 1.54) is 5.56 Å². The van der Waals surface area contributed by atoms with Crippen LogP contribution in [-0.2, 0) is 16.1 Å². The number of rotatable bonds is 2. The second-order valence-corrected chi connectivity index (χ2v) is 9.38. The maximum absolute atomic E-state index is 13.0. The highest BCUT2D eigenvalue weighted by Crippen LogP contribution is 2.21. The van der Waals surface area contributed by atoms with E-state index in [9.17, 15) is 4.79 Å². The van der Waals surface area contributed by atoms with Gasteiger partial charge in [-0.3, -0.25) is 14.6 Å². The molecular formula is C27H34N8O2. The first-order valence-corrected chi connectivity index (χ1v) is 12.8. The number of amides is 1. The molecule has 3 N–H and O–H groups in total. The maximum Gasteiger partial charge on any atom is 0.239 e. The first-order valence-electron chi connectivity index (χ1n) is 12.8. The van der Waals surface area contributed by atoms with Gasteiger partial charge in [0, 0.05) is 76.6 Å². The number of piperazine rings is 1. The van der Waals surface area contributed by atoms with Gasteiger partial charge in [-0.2, -0.15) is 0 Å². The Bertz CT molecular complexity index is 1180. The van der Waals surface area contributed by atoms with Gasteiger partial charge in [0.2, 0.25) is 11.9 Å². The van der Waals surface area contributed by atoms with Crippen molar-refractivity contribution >= 4 is 23.4 Å². The molecule has 8 bridgehead atoms. The van der Waals surface area contributed by atoms with Crippen LogP contribution < -0.4 is 16.0 Å². The van der Waals surface area contributed by atoms with Crippen molar-refractivity contribution in [1.29, 1.82) is 0 Å². The molecule has 8 rings (SSSR count). The Hall–Kier alpha value is -3.60. The lowest BCUT2D eigenvalue weighted by molar-refractivity contribution is -0.129. The fraction of sp³-hybridized carbons (Fsp3) is 0.407. The number of pyridine rings is 1. The van der Waals surface area contributed by atoms with Crippen LogP contribution in [0.2, 0.25) is 0 Å². The van der Waals surface area contributed by atoms with E-state index < -0.39 is 0 Å². The first-order chi connectivity index (χ1) is 18.2. The molecule has 5 aliphatic heterocycles. The van der Waals surface area contributed by atoms with E-state index in [0.717, 1.165) is 61.9 Å². The molecule has 0 spiro atoms. The number of carbonyl (C=O) groups is 1. The predicted molar refractivity (Wildman–Crippen MR) is 144 cm³/mol. The summed E-state index contributed by atoms with van der Waals surface area (Å²) in [7, 11) is 1.65. The standard InChI is InChI=1S/C27H34N8O2/c1-37-19-24-26(36)29-10-3-9-28-25-7-6-21(17-31-25)23-8-11-30-27(33-23)32-22-5-2-4-20(16-22)18-34-12-14-35(24)15-13-34/h2,4-8,11,16-17,24H,3,9-10,12-15,18-19H2,1H3,(H,28,31)(H,29,36)(H,30,32,33). The number of hydrogen-bond donors (Lipinski definition) is 3. The first kappa shape index (κ1) is 25.1. The quantitative estimate of drug-likeness (QED) is 0.487. The fourth-order valence-corrected chi connectivity index (χ4v) is 4.74. The molecule has 2 aromatic heterocycles. The van der Waals surface area contributed by atoms with Crippen LogP contribution in [0.3, 0.4) is 0 Å². The molecule has 7 heterocycles. The molecule has 1 atom stereocenters. The number of nitrogens with zero attached hydrogens (tertiary/aromatic N) is 5. The molecule has 1 amide bonds. The van der Waals surface area contributed by atoms with Gasteiger partial charge in [-0.1, -0.05) is 12.1 Å². The summed E-state index contributed by atoms with van der Waals surface area (Å²) >= 11 is 0. The van der Waals surface area contributed by atoms with Crippen molar-refractivity contribution in [3.63, 3.8) is 0 Å². The molecule has 0 aliphatic carbocycles. The molecule has 1 unspecified atom stereocenters. The van der Waals surface area contributed by atoms with E-state index in [0.29, 0.717) is 25.6 Å². The number of methoxy groups -OCH3 is 1. The van der Waals surface area contributed by atoms with Crippen LogP contribution in [0, 0.1) is 0 Å². The number of benzene rings is 1. The number of ether oxygens (including phenoxy) is 1. The predicted octanol–water partition coefficient (Wildman–Crippen LogP) is 2.35. The third kappa shape index (κ3) is 6.59. The molecular weight excluding hydrogens is 468 g/mol. The average molecular weight is 503 g/mol. The van der Waals surface area contributed by atoms with E-state index >= 15 is 0 Å². The highest BCUT2D eigenvalue weighted by molar-refractivity contribution is 5.81.